The molecule has 0 radical (unpaired) electrons. The van der Waals surface area contributed by atoms with E-state index in [1.807, 2.05) is 0 Å². The van der Waals surface area contributed by atoms with Gasteiger partial charge in [0.2, 0.25) is 0 Å². The van der Waals surface area contributed by atoms with Gasteiger partial charge < -0.3 is 20.5 Å². The highest BCUT2D eigenvalue weighted by Crippen LogP contribution is 2.40. The maximum atomic E-state index is 13.8. The van der Waals surface area contributed by atoms with Crippen molar-refractivity contribution in [3.05, 3.63) is 89.0 Å². The molecule has 9 heteroatoms. The monoisotopic (exact) mass is 482 g/mol. The number of carbonyl (C=O) groups excluding carboxylic acids is 2. The fourth-order valence-corrected chi connectivity index (χ4v) is 3.71. The second-order valence-electron chi connectivity index (χ2n) is 7.89. The van der Waals surface area contributed by atoms with E-state index in [0.717, 1.165) is 6.07 Å². The molecule has 3 N–H and O–H groups in total. The molecule has 3 aromatic carbocycles. The lowest BCUT2D eigenvalue weighted by Gasteiger charge is -2.15. The van der Waals surface area contributed by atoms with E-state index in [0.29, 0.717) is 16.8 Å². The van der Waals surface area contributed by atoms with Crippen LogP contribution in [0, 0.1) is 0 Å². The van der Waals surface area contributed by atoms with Crippen molar-refractivity contribution >= 4 is 29.2 Å². The van der Waals surface area contributed by atoms with Crippen LogP contribution in [-0.2, 0) is 26.9 Å². The highest BCUT2D eigenvalue weighted by molar-refractivity contribution is 6.34. The maximum Gasteiger partial charge on any atom is 0.420 e. The van der Waals surface area contributed by atoms with Crippen LogP contribution in [0.1, 0.15) is 22.3 Å². The number of carbonyl (C=O) groups is 2. The van der Waals surface area contributed by atoms with E-state index in [-0.39, 0.29) is 35.0 Å². The van der Waals surface area contributed by atoms with Crippen molar-refractivity contribution in [1.29, 1.82) is 0 Å². The zero-order chi connectivity index (χ0) is 25.2. The van der Waals surface area contributed by atoms with Crippen molar-refractivity contribution in [2.45, 2.75) is 18.6 Å². The summed E-state index contributed by atoms with van der Waals surface area (Å²) in [6.07, 6.45) is -3.06. The Morgan fingerprint density at radius 1 is 1.09 bits per heavy atom. The van der Waals surface area contributed by atoms with Crippen LogP contribution in [0.4, 0.5) is 18.9 Å². The molecule has 35 heavy (non-hydrogen) atoms. The van der Waals surface area contributed by atoms with Gasteiger partial charge in [0.25, 0.3) is 5.91 Å². The first-order valence-electron chi connectivity index (χ1n) is 10.6. The van der Waals surface area contributed by atoms with Crippen molar-refractivity contribution in [3.8, 4) is 11.5 Å². The molecule has 0 spiro atoms. The van der Waals surface area contributed by atoms with Gasteiger partial charge >= 0.3 is 12.1 Å². The predicted octanol–water partition coefficient (Wildman–Crippen LogP) is 5.03. The van der Waals surface area contributed by atoms with Crippen LogP contribution in [0.2, 0.25) is 0 Å². The number of halogens is 3. The third-order valence-electron chi connectivity index (χ3n) is 5.44. The lowest BCUT2D eigenvalue weighted by atomic mass is 10.0. The lowest BCUT2D eigenvalue weighted by molar-refractivity contribution is -0.142. The van der Waals surface area contributed by atoms with Crippen LogP contribution in [0.5, 0.6) is 11.5 Å². The number of fused-ring (bicyclic) bond motifs is 1. The molecule has 0 bridgehead atoms. The molecule has 0 unspecified atom stereocenters. The van der Waals surface area contributed by atoms with Gasteiger partial charge in [-0.15, -0.1) is 0 Å². The van der Waals surface area contributed by atoms with E-state index >= 15 is 0 Å². The molecule has 0 saturated carbocycles. The van der Waals surface area contributed by atoms with Gasteiger partial charge in [-0.2, -0.15) is 13.2 Å². The smallest absolute Gasteiger partial charge is 0.420 e. The third-order valence-corrected chi connectivity index (χ3v) is 5.44. The molecule has 1 aliphatic heterocycles. The summed E-state index contributed by atoms with van der Waals surface area (Å²) in [4.78, 5) is 23.8. The molecule has 1 atom stereocenters. The van der Waals surface area contributed by atoms with Gasteiger partial charge in [0.15, 0.2) is 0 Å². The highest BCUT2D eigenvalue weighted by Gasteiger charge is 2.35. The summed E-state index contributed by atoms with van der Waals surface area (Å²) in [7, 11) is 1.24. The largest absolute Gasteiger partial charge is 0.468 e. The topological polar surface area (TPSA) is 90.7 Å². The molecule has 1 aliphatic rings. The van der Waals surface area contributed by atoms with E-state index in [2.05, 4.69) is 10.1 Å². The Bertz CT molecular complexity index is 1300. The number of rotatable bonds is 6. The zero-order valence-corrected chi connectivity index (χ0v) is 18.6. The summed E-state index contributed by atoms with van der Waals surface area (Å²) in [5.41, 5.74) is 7.18. The number of ether oxygens (including phenoxy) is 2. The van der Waals surface area contributed by atoms with E-state index in [4.69, 9.17) is 10.5 Å². The quantitative estimate of drug-likeness (QED) is 0.380. The number of esters is 1. The number of alkyl halides is 3. The Labute approximate surface area is 199 Å². The van der Waals surface area contributed by atoms with Gasteiger partial charge in [-0.05, 0) is 54.0 Å². The summed E-state index contributed by atoms with van der Waals surface area (Å²) in [5.74, 6) is -1.14. The Morgan fingerprint density at radius 3 is 2.49 bits per heavy atom. The molecule has 0 saturated heterocycles. The molecule has 6 nitrogen and oxygen atoms in total. The number of benzene rings is 3. The number of para-hydroxylation sites is 1. The number of hydrogen-bond acceptors (Lipinski definition) is 5. The molecule has 0 aromatic heterocycles. The van der Waals surface area contributed by atoms with E-state index < -0.39 is 23.8 Å². The van der Waals surface area contributed by atoms with Crippen molar-refractivity contribution < 1.29 is 32.2 Å². The molecule has 1 amide bonds. The number of amides is 1. The standard InChI is InChI=1S/C26H21F3N2O4/c1-34-25(33)21(30)14-15-6-9-17(10-7-15)35-23-11-8-16(13-20(23)26(27,28)29)12-19-18-4-2-3-5-22(18)31-24(19)32/h2-13,21H,14,30H2,1H3,(H,31,32)/t21-/m0/s1. The minimum atomic E-state index is -4.69. The van der Waals surface area contributed by atoms with Crippen LogP contribution in [-0.4, -0.2) is 25.0 Å². The van der Waals surface area contributed by atoms with Gasteiger partial charge in [-0.1, -0.05) is 36.4 Å². The summed E-state index contributed by atoms with van der Waals surface area (Å²) in [6.45, 7) is 0. The molecule has 0 fully saturated rings. The van der Waals surface area contributed by atoms with Crippen LogP contribution in [0.25, 0.3) is 11.6 Å². The molecular formula is C26H21F3N2O4. The minimum Gasteiger partial charge on any atom is -0.468 e. The number of methoxy groups -OCH3 is 1. The van der Waals surface area contributed by atoms with E-state index in [1.54, 1.807) is 36.4 Å². The molecule has 1 heterocycles. The van der Waals surface area contributed by atoms with Crippen LogP contribution in [0.3, 0.4) is 0 Å². The summed E-state index contributed by atoms with van der Waals surface area (Å²) >= 11 is 0. The Kier molecular flexibility index (Phi) is 6.61. The van der Waals surface area contributed by atoms with Crippen LogP contribution in [0.15, 0.2) is 66.7 Å². The van der Waals surface area contributed by atoms with E-state index in [1.165, 1.54) is 37.5 Å². The van der Waals surface area contributed by atoms with Gasteiger partial charge in [-0.25, -0.2) is 0 Å². The number of nitrogens with one attached hydrogen (secondary N) is 1. The fourth-order valence-electron chi connectivity index (χ4n) is 3.71. The van der Waals surface area contributed by atoms with Gasteiger partial charge in [0.05, 0.1) is 12.7 Å². The molecular weight excluding hydrogens is 461 g/mol. The maximum absolute atomic E-state index is 13.8. The fraction of sp³-hybridized carbons (Fsp3) is 0.154. The average molecular weight is 482 g/mol. The molecule has 180 valence electrons. The van der Waals surface area contributed by atoms with Gasteiger partial charge in [0, 0.05) is 16.8 Å². The second kappa shape index (κ2) is 9.63. The third kappa shape index (κ3) is 5.36. The van der Waals surface area contributed by atoms with Crippen molar-refractivity contribution in [1.82, 2.24) is 0 Å². The van der Waals surface area contributed by atoms with Crippen molar-refractivity contribution in [2.75, 3.05) is 12.4 Å². The van der Waals surface area contributed by atoms with Crippen molar-refractivity contribution in [2.24, 2.45) is 5.73 Å². The molecule has 4 rings (SSSR count). The van der Waals surface area contributed by atoms with Crippen molar-refractivity contribution in [3.63, 3.8) is 0 Å². The first kappa shape index (κ1) is 24.0. The Hall–Kier alpha value is -4.11. The molecule has 3 aromatic rings. The summed E-state index contributed by atoms with van der Waals surface area (Å²) < 4.78 is 51.6. The normalized spacial score (nSPS) is 14.9. The lowest BCUT2D eigenvalue weighted by Crippen LogP contribution is -2.33. The number of nitrogens with two attached hydrogens (primary N) is 1. The van der Waals surface area contributed by atoms with Gasteiger partial charge in [0.1, 0.15) is 17.5 Å². The van der Waals surface area contributed by atoms with E-state index in [9.17, 15) is 22.8 Å². The Balaban J connectivity index is 1.59. The first-order chi connectivity index (χ1) is 16.7. The highest BCUT2D eigenvalue weighted by atomic mass is 19.4. The van der Waals surface area contributed by atoms with Crippen LogP contribution >= 0.6 is 0 Å². The Morgan fingerprint density at radius 2 is 1.80 bits per heavy atom. The first-order valence-corrected chi connectivity index (χ1v) is 10.6. The summed E-state index contributed by atoms with van der Waals surface area (Å²) in [5, 5.41) is 2.69. The predicted molar refractivity (Wildman–Crippen MR) is 125 cm³/mol. The number of anilines is 1. The minimum absolute atomic E-state index is 0.182. The second-order valence-corrected chi connectivity index (χ2v) is 7.89. The van der Waals surface area contributed by atoms with Crippen LogP contribution < -0.4 is 15.8 Å². The average Bonchev–Trinajstić information content (AvgIpc) is 3.14. The molecule has 0 aliphatic carbocycles. The SMILES string of the molecule is COC(=O)[C@@H](N)Cc1ccc(Oc2ccc(C=C3C(=O)Nc4ccccc43)cc2C(F)(F)F)cc1. The zero-order valence-electron chi connectivity index (χ0n) is 18.6. The van der Waals surface area contributed by atoms with Gasteiger partial charge in [-0.3, -0.25) is 9.59 Å². The number of hydrogen-bond donors (Lipinski definition) is 2. The summed E-state index contributed by atoms with van der Waals surface area (Å²) in [6, 6.07) is 15.9.